The molecule has 2 atom stereocenters. The average molecular weight is 506 g/mol. The SMILES string of the molecule is CC(C)(C)OC(=O)N[C@@H](CS(=O)(=O)CC(Cc1ccccc1)C(=O)OCc1ccccc1)C(=O)O. The van der Waals surface area contributed by atoms with Crippen LogP contribution in [0.15, 0.2) is 60.7 Å². The normalized spacial score (nSPS) is 13.3. The summed E-state index contributed by atoms with van der Waals surface area (Å²) >= 11 is 0. The highest BCUT2D eigenvalue weighted by atomic mass is 32.2. The van der Waals surface area contributed by atoms with Crippen molar-refractivity contribution in [1.82, 2.24) is 5.32 Å². The molecule has 0 aliphatic rings. The van der Waals surface area contributed by atoms with Crippen molar-refractivity contribution in [2.75, 3.05) is 11.5 Å². The first-order valence-electron chi connectivity index (χ1n) is 11.0. The predicted molar refractivity (Wildman–Crippen MR) is 129 cm³/mol. The first-order chi connectivity index (χ1) is 16.3. The third-order valence-electron chi connectivity index (χ3n) is 4.75. The van der Waals surface area contributed by atoms with Crippen LogP contribution in [-0.2, 0) is 41.9 Å². The first-order valence-corrected chi connectivity index (χ1v) is 12.8. The topological polar surface area (TPSA) is 136 Å². The van der Waals surface area contributed by atoms with Gasteiger partial charge in [-0.05, 0) is 38.3 Å². The Morgan fingerprint density at radius 1 is 0.914 bits per heavy atom. The Bertz CT molecular complexity index is 1100. The molecule has 0 bridgehead atoms. The third kappa shape index (κ3) is 10.6. The summed E-state index contributed by atoms with van der Waals surface area (Å²) in [5.41, 5.74) is 0.579. The van der Waals surface area contributed by atoms with Gasteiger partial charge in [0.15, 0.2) is 9.84 Å². The number of hydrogen-bond acceptors (Lipinski definition) is 7. The molecular formula is C25H31NO8S. The summed E-state index contributed by atoms with van der Waals surface area (Å²) in [6.07, 6.45) is -0.964. The van der Waals surface area contributed by atoms with Crippen LogP contribution in [0.3, 0.4) is 0 Å². The van der Waals surface area contributed by atoms with Crippen LogP contribution in [0.2, 0.25) is 0 Å². The number of carbonyl (C=O) groups is 3. The molecule has 9 nitrogen and oxygen atoms in total. The second kappa shape index (κ2) is 12.3. The fourth-order valence-corrected chi connectivity index (χ4v) is 4.95. The van der Waals surface area contributed by atoms with E-state index in [0.29, 0.717) is 0 Å². The second-order valence-corrected chi connectivity index (χ2v) is 11.2. The van der Waals surface area contributed by atoms with Crippen LogP contribution in [0.5, 0.6) is 0 Å². The van der Waals surface area contributed by atoms with Crippen LogP contribution in [0.25, 0.3) is 0 Å². The minimum atomic E-state index is -4.11. The number of carboxylic acids is 1. The Kier molecular flexibility index (Phi) is 9.82. The standard InChI is InChI=1S/C25H31NO8S/c1-25(2,3)34-24(30)26-21(22(27)28)17-35(31,32)16-20(14-18-10-6-4-7-11-18)23(29)33-15-19-12-8-5-9-13-19/h4-13,20-21H,14-17H2,1-3H3,(H,26,30)(H,27,28)/t20?,21-/m0/s1. The maximum absolute atomic E-state index is 12.9. The predicted octanol–water partition coefficient (Wildman–Crippen LogP) is 2.98. The highest BCUT2D eigenvalue weighted by molar-refractivity contribution is 7.91. The number of sulfone groups is 1. The lowest BCUT2D eigenvalue weighted by molar-refractivity contribution is -0.149. The molecule has 0 saturated heterocycles. The van der Waals surface area contributed by atoms with Gasteiger partial charge in [-0.15, -0.1) is 0 Å². The summed E-state index contributed by atoms with van der Waals surface area (Å²) in [4.78, 5) is 36.5. The van der Waals surface area contributed by atoms with Crippen LogP contribution in [0.4, 0.5) is 4.79 Å². The van der Waals surface area contributed by atoms with Crippen molar-refractivity contribution in [1.29, 1.82) is 0 Å². The Morgan fingerprint density at radius 2 is 1.46 bits per heavy atom. The molecule has 10 heteroatoms. The van der Waals surface area contributed by atoms with Crippen LogP contribution >= 0.6 is 0 Å². The minimum absolute atomic E-state index is 0.0248. The molecule has 0 fully saturated rings. The number of carbonyl (C=O) groups excluding carboxylic acids is 2. The number of carboxylic acid groups (broad SMARTS) is 1. The van der Waals surface area contributed by atoms with Gasteiger partial charge >= 0.3 is 18.0 Å². The number of aliphatic carboxylic acids is 1. The van der Waals surface area contributed by atoms with E-state index in [0.717, 1.165) is 11.1 Å². The summed E-state index contributed by atoms with van der Waals surface area (Å²) in [5, 5.41) is 11.5. The summed E-state index contributed by atoms with van der Waals surface area (Å²) < 4.78 is 36.3. The molecule has 2 N–H and O–H groups in total. The van der Waals surface area contributed by atoms with Gasteiger partial charge < -0.3 is 19.9 Å². The van der Waals surface area contributed by atoms with Gasteiger partial charge in [-0.25, -0.2) is 18.0 Å². The smallest absolute Gasteiger partial charge is 0.408 e. The molecular weight excluding hydrogens is 474 g/mol. The van der Waals surface area contributed by atoms with Gasteiger partial charge in [0.25, 0.3) is 0 Å². The van der Waals surface area contributed by atoms with Crippen molar-refractivity contribution in [3.63, 3.8) is 0 Å². The fourth-order valence-electron chi connectivity index (χ4n) is 3.21. The summed E-state index contributed by atoms with van der Waals surface area (Å²) in [6, 6.07) is 16.0. The van der Waals surface area contributed by atoms with Gasteiger partial charge in [0.1, 0.15) is 18.2 Å². The first kappa shape index (κ1) is 27.8. The number of hydrogen-bond donors (Lipinski definition) is 2. The number of benzene rings is 2. The molecule has 190 valence electrons. The average Bonchev–Trinajstić information content (AvgIpc) is 2.76. The van der Waals surface area contributed by atoms with Crippen LogP contribution in [0, 0.1) is 5.92 Å². The zero-order valence-corrected chi connectivity index (χ0v) is 20.8. The Morgan fingerprint density at radius 3 is 1.97 bits per heavy atom. The Balaban J connectivity index is 2.14. The minimum Gasteiger partial charge on any atom is -0.480 e. The van der Waals surface area contributed by atoms with Crippen molar-refractivity contribution in [3.8, 4) is 0 Å². The lowest BCUT2D eigenvalue weighted by Gasteiger charge is -2.22. The van der Waals surface area contributed by atoms with E-state index in [9.17, 15) is 27.9 Å². The summed E-state index contributed by atoms with van der Waals surface area (Å²) in [6.45, 7) is 4.75. The fraction of sp³-hybridized carbons (Fsp3) is 0.400. The van der Waals surface area contributed by atoms with Gasteiger partial charge in [-0.2, -0.15) is 0 Å². The van der Waals surface area contributed by atoms with Crippen LogP contribution in [-0.4, -0.2) is 54.7 Å². The lowest BCUT2D eigenvalue weighted by Crippen LogP contribution is -2.48. The monoisotopic (exact) mass is 505 g/mol. The molecule has 0 aliphatic heterocycles. The van der Waals surface area contributed by atoms with E-state index in [1.807, 2.05) is 6.07 Å². The molecule has 0 heterocycles. The number of ether oxygens (including phenoxy) is 2. The molecule has 35 heavy (non-hydrogen) atoms. The Labute approximate surface area is 205 Å². The van der Waals surface area contributed by atoms with Gasteiger partial charge in [-0.3, -0.25) is 4.79 Å². The molecule has 2 rings (SSSR count). The quantitative estimate of drug-likeness (QED) is 0.445. The van der Waals surface area contributed by atoms with Crippen LogP contribution in [0.1, 0.15) is 31.9 Å². The van der Waals surface area contributed by atoms with E-state index < -0.39 is 56.9 Å². The van der Waals surface area contributed by atoms with E-state index in [-0.39, 0.29) is 13.0 Å². The largest absolute Gasteiger partial charge is 0.480 e. The molecule has 0 spiro atoms. The molecule has 1 unspecified atom stereocenters. The number of esters is 1. The number of nitrogens with one attached hydrogen (secondary N) is 1. The van der Waals surface area contributed by atoms with Gasteiger partial charge in [-0.1, -0.05) is 60.7 Å². The molecule has 2 aromatic carbocycles. The van der Waals surface area contributed by atoms with Gasteiger partial charge in [0.2, 0.25) is 0 Å². The van der Waals surface area contributed by atoms with E-state index in [4.69, 9.17) is 9.47 Å². The van der Waals surface area contributed by atoms with Crippen molar-refractivity contribution in [2.45, 2.75) is 45.4 Å². The van der Waals surface area contributed by atoms with Crippen molar-refractivity contribution >= 4 is 27.9 Å². The van der Waals surface area contributed by atoms with Crippen LogP contribution < -0.4 is 5.32 Å². The summed E-state index contributed by atoms with van der Waals surface area (Å²) in [7, 11) is -4.11. The molecule has 0 aromatic heterocycles. The zero-order chi connectivity index (χ0) is 26.1. The zero-order valence-electron chi connectivity index (χ0n) is 20.0. The maximum atomic E-state index is 12.9. The number of amides is 1. The molecule has 0 aliphatic carbocycles. The Hall–Kier alpha value is -3.40. The van der Waals surface area contributed by atoms with Gasteiger partial charge in [0, 0.05) is 0 Å². The summed E-state index contributed by atoms with van der Waals surface area (Å²) in [5.74, 6) is -4.87. The van der Waals surface area contributed by atoms with E-state index in [1.54, 1.807) is 75.4 Å². The second-order valence-electron chi connectivity index (χ2n) is 9.09. The number of rotatable bonds is 11. The molecule has 0 radical (unpaired) electrons. The number of alkyl carbamates (subject to hydrolysis) is 1. The van der Waals surface area contributed by atoms with Crippen molar-refractivity contribution in [3.05, 3.63) is 71.8 Å². The van der Waals surface area contributed by atoms with Crippen molar-refractivity contribution < 1.29 is 37.4 Å². The van der Waals surface area contributed by atoms with Gasteiger partial charge in [0.05, 0.1) is 17.4 Å². The van der Waals surface area contributed by atoms with E-state index >= 15 is 0 Å². The highest BCUT2D eigenvalue weighted by Gasteiger charge is 2.33. The van der Waals surface area contributed by atoms with Crippen molar-refractivity contribution in [2.24, 2.45) is 5.92 Å². The molecule has 1 amide bonds. The third-order valence-corrected chi connectivity index (χ3v) is 6.50. The lowest BCUT2D eigenvalue weighted by atomic mass is 10.0. The highest BCUT2D eigenvalue weighted by Crippen LogP contribution is 2.16. The molecule has 0 saturated carbocycles. The van der Waals surface area contributed by atoms with E-state index in [2.05, 4.69) is 5.32 Å². The maximum Gasteiger partial charge on any atom is 0.408 e. The molecule has 2 aromatic rings. The van der Waals surface area contributed by atoms with E-state index in [1.165, 1.54) is 0 Å².